The normalized spacial score (nSPS) is 11.0. The zero-order valence-corrected chi connectivity index (χ0v) is 23.1. The van der Waals surface area contributed by atoms with Crippen LogP contribution in [0.1, 0.15) is 12.6 Å². The lowest BCUT2D eigenvalue weighted by atomic mass is 9.97. The Hall–Kier alpha value is -5.35. The number of aromatic nitrogens is 5. The number of ether oxygens (including phenoxy) is 1. The van der Waals surface area contributed by atoms with Gasteiger partial charge in [-0.3, -0.25) is 9.89 Å². The average molecular weight is 560 g/mol. The van der Waals surface area contributed by atoms with E-state index in [1.165, 1.54) is 0 Å². The minimum atomic E-state index is -0.220. The van der Waals surface area contributed by atoms with Crippen LogP contribution in [-0.2, 0) is 4.79 Å². The molecule has 4 N–H and O–H groups in total. The molecule has 0 unspecified atom stereocenters. The van der Waals surface area contributed by atoms with Gasteiger partial charge >= 0.3 is 6.01 Å². The lowest BCUT2D eigenvalue weighted by Crippen LogP contribution is -2.11. The number of hydrogen-bond acceptors (Lipinski definition) is 8. The molecule has 0 aliphatic rings. The molecule has 0 atom stereocenters. The number of aryl methyl sites for hydroxylation is 1. The first-order valence-electron chi connectivity index (χ1n) is 12.7. The molecule has 4 heterocycles. The maximum atomic E-state index is 12.1. The second-order valence-corrected chi connectivity index (χ2v) is 10.5. The highest BCUT2D eigenvalue weighted by molar-refractivity contribution is 7.23. The van der Waals surface area contributed by atoms with Crippen molar-refractivity contribution in [1.82, 2.24) is 25.1 Å². The van der Waals surface area contributed by atoms with Crippen molar-refractivity contribution >= 4 is 38.8 Å². The van der Waals surface area contributed by atoms with E-state index < -0.39 is 0 Å². The Bertz CT molecular complexity index is 1890. The Balaban J connectivity index is 1.47. The number of carbonyl (C=O) groups is 1. The van der Waals surface area contributed by atoms with Gasteiger partial charge in [0.05, 0.1) is 6.20 Å². The van der Waals surface area contributed by atoms with Gasteiger partial charge in [-0.1, -0.05) is 30.8 Å². The molecule has 0 saturated heterocycles. The third kappa shape index (κ3) is 5.15. The number of hydrogen-bond donors (Lipinski definition) is 3. The summed E-state index contributed by atoms with van der Waals surface area (Å²) in [6, 6.07) is 17.6. The Morgan fingerprint density at radius 3 is 2.44 bits per heavy atom. The number of rotatable bonds is 7. The maximum Gasteiger partial charge on any atom is 0.322 e. The molecule has 0 saturated carbocycles. The van der Waals surface area contributed by atoms with Crippen molar-refractivity contribution in [2.24, 2.45) is 0 Å². The number of nitrogens with two attached hydrogens (primary N) is 1. The summed E-state index contributed by atoms with van der Waals surface area (Å²) in [5.74, 6) is 0.828. The van der Waals surface area contributed by atoms with Crippen molar-refractivity contribution in [1.29, 1.82) is 0 Å². The third-order valence-electron chi connectivity index (χ3n) is 6.47. The van der Waals surface area contributed by atoms with Gasteiger partial charge in [-0.15, -0.1) is 11.3 Å². The second kappa shape index (κ2) is 10.7. The molecule has 1 amide bonds. The smallest absolute Gasteiger partial charge is 0.322 e. The molecular formula is C31H25N7O2S. The van der Waals surface area contributed by atoms with E-state index in [2.05, 4.69) is 37.0 Å². The summed E-state index contributed by atoms with van der Waals surface area (Å²) in [7, 11) is 0. The van der Waals surface area contributed by atoms with Crippen LogP contribution in [0.15, 0.2) is 91.5 Å². The number of nitrogen functional groups attached to an aromatic ring is 1. The molecule has 9 nitrogen and oxygen atoms in total. The highest BCUT2D eigenvalue weighted by Gasteiger charge is 2.22. The molecule has 0 radical (unpaired) electrons. The van der Waals surface area contributed by atoms with Crippen molar-refractivity contribution in [2.75, 3.05) is 11.1 Å². The summed E-state index contributed by atoms with van der Waals surface area (Å²) < 4.78 is 6.88. The van der Waals surface area contributed by atoms with Crippen LogP contribution in [0.5, 0.6) is 11.8 Å². The van der Waals surface area contributed by atoms with Gasteiger partial charge in [0, 0.05) is 67.2 Å². The first kappa shape index (κ1) is 25.9. The summed E-state index contributed by atoms with van der Waals surface area (Å²) in [5.41, 5.74) is 13.2. The van der Waals surface area contributed by atoms with E-state index in [9.17, 15) is 4.79 Å². The van der Waals surface area contributed by atoms with Crippen molar-refractivity contribution in [3.63, 3.8) is 0 Å². The lowest BCUT2D eigenvalue weighted by molar-refractivity contribution is -0.112. The second-order valence-electron chi connectivity index (χ2n) is 9.47. The number of fused-ring (bicyclic) bond motifs is 1. The van der Waals surface area contributed by atoms with Gasteiger partial charge in [-0.05, 0) is 55.3 Å². The first-order chi connectivity index (χ1) is 19.9. The largest absolute Gasteiger partial charge is 0.424 e. The van der Waals surface area contributed by atoms with Gasteiger partial charge in [0.2, 0.25) is 0 Å². The number of nitrogens with zero attached hydrogens (tertiary/aromatic N) is 4. The van der Waals surface area contributed by atoms with Gasteiger partial charge in [-0.2, -0.15) is 5.10 Å². The van der Waals surface area contributed by atoms with Crippen LogP contribution in [0, 0.1) is 6.92 Å². The summed E-state index contributed by atoms with van der Waals surface area (Å²) in [6.07, 6.45) is 7.05. The van der Waals surface area contributed by atoms with Crippen LogP contribution in [0.3, 0.4) is 0 Å². The topological polar surface area (TPSA) is 132 Å². The third-order valence-corrected chi connectivity index (χ3v) is 7.74. The van der Waals surface area contributed by atoms with Crippen LogP contribution < -0.4 is 15.8 Å². The molecular weight excluding hydrogens is 534 g/mol. The predicted molar refractivity (Wildman–Crippen MR) is 163 cm³/mol. The molecule has 202 valence electrons. The number of amides is 1. The maximum absolute atomic E-state index is 12.1. The van der Waals surface area contributed by atoms with Gasteiger partial charge in [-0.25, -0.2) is 15.0 Å². The van der Waals surface area contributed by atoms with Gasteiger partial charge in [0.15, 0.2) is 0 Å². The summed E-state index contributed by atoms with van der Waals surface area (Å²) in [6.45, 7) is 7.27. The molecule has 41 heavy (non-hydrogen) atoms. The minimum Gasteiger partial charge on any atom is -0.424 e. The van der Waals surface area contributed by atoms with Gasteiger partial charge in [0.25, 0.3) is 5.91 Å². The summed E-state index contributed by atoms with van der Waals surface area (Å²) >= 11 is 1.63. The molecule has 2 aromatic carbocycles. The fourth-order valence-corrected chi connectivity index (χ4v) is 5.79. The van der Waals surface area contributed by atoms with E-state index in [4.69, 9.17) is 10.5 Å². The van der Waals surface area contributed by atoms with E-state index in [-0.39, 0.29) is 11.9 Å². The lowest BCUT2D eigenvalue weighted by Gasteiger charge is -2.10. The van der Waals surface area contributed by atoms with E-state index in [1.807, 2.05) is 67.7 Å². The van der Waals surface area contributed by atoms with E-state index in [0.29, 0.717) is 22.8 Å². The first-order valence-corrected chi connectivity index (χ1v) is 13.5. The monoisotopic (exact) mass is 559 g/mol. The van der Waals surface area contributed by atoms with E-state index in [1.54, 1.807) is 36.9 Å². The highest BCUT2D eigenvalue weighted by atomic mass is 32.1. The number of anilines is 2. The molecule has 10 heteroatoms. The van der Waals surface area contributed by atoms with Gasteiger partial charge in [0.1, 0.15) is 11.6 Å². The number of pyridine rings is 1. The Labute approximate surface area is 239 Å². The van der Waals surface area contributed by atoms with Crippen LogP contribution in [0.2, 0.25) is 0 Å². The Kier molecular flexibility index (Phi) is 6.74. The highest BCUT2D eigenvalue weighted by Crippen LogP contribution is 2.49. The molecule has 4 aromatic heterocycles. The minimum absolute atomic E-state index is 0.220. The Morgan fingerprint density at radius 1 is 1.00 bits per heavy atom. The predicted octanol–water partition coefficient (Wildman–Crippen LogP) is 7.01. The summed E-state index contributed by atoms with van der Waals surface area (Å²) in [4.78, 5) is 26.2. The van der Waals surface area contributed by atoms with Crippen LogP contribution in [0.4, 0.5) is 11.5 Å². The number of nitrogens with one attached hydrogen (secondary N) is 2. The molecule has 0 aliphatic carbocycles. The van der Waals surface area contributed by atoms with Crippen molar-refractivity contribution < 1.29 is 9.53 Å². The fraction of sp³-hybridized carbons (Fsp3) is 0.0645. The van der Waals surface area contributed by atoms with Gasteiger partial charge < -0.3 is 15.8 Å². The molecule has 6 rings (SSSR count). The molecule has 6 aromatic rings. The van der Waals surface area contributed by atoms with E-state index in [0.717, 1.165) is 48.5 Å². The van der Waals surface area contributed by atoms with Crippen molar-refractivity contribution in [3.8, 4) is 44.5 Å². The average Bonchev–Trinajstić information content (AvgIpc) is 3.64. The van der Waals surface area contributed by atoms with Crippen molar-refractivity contribution in [2.45, 2.75) is 13.8 Å². The number of H-pyrrole nitrogens is 1. The number of benzene rings is 2. The zero-order chi connectivity index (χ0) is 28.5. The van der Waals surface area contributed by atoms with Crippen LogP contribution in [0.25, 0.3) is 42.8 Å². The van der Waals surface area contributed by atoms with E-state index >= 15 is 0 Å². The number of thiophene rings is 1. The zero-order valence-electron chi connectivity index (χ0n) is 22.3. The molecule has 0 bridgehead atoms. The Morgan fingerprint density at radius 2 is 1.76 bits per heavy atom. The number of carbonyl (C=O) groups excluding carboxylic acids is 1. The van der Waals surface area contributed by atoms with Crippen molar-refractivity contribution in [3.05, 3.63) is 97.2 Å². The summed E-state index contributed by atoms with van der Waals surface area (Å²) in [5, 5.41) is 10.7. The molecule has 0 fully saturated rings. The molecule has 0 spiro atoms. The quantitative estimate of drug-likeness (QED) is 0.179. The van der Waals surface area contributed by atoms with Crippen LogP contribution >= 0.6 is 11.3 Å². The van der Waals surface area contributed by atoms with Crippen LogP contribution in [-0.4, -0.2) is 31.1 Å². The molecule has 0 aliphatic heterocycles. The SMILES string of the molecule is C=C(C)C(=O)Nc1ccc(-c2sc3c(-c4cn[nH]c4)cnc(N)c3c2-c2ccc(Oc3nccc(C)n3)cc2)cc1. The standard InChI is InChI=1S/C31H25N7O2S/c1-17(2)30(39)38-22-8-4-20(5-9-22)27-25(19-6-10-23(11-7-19)40-31-33-13-12-18(3)37-31)26-28(41-27)24(16-34-29(26)32)21-14-35-36-15-21/h4-16H,1H2,2-3H3,(H2,32,34)(H,35,36)(H,38,39). The number of aromatic amines is 1. The fourth-order valence-electron chi connectivity index (χ4n) is 4.42.